The van der Waals surface area contributed by atoms with Crippen molar-refractivity contribution in [3.05, 3.63) is 22.7 Å². The van der Waals surface area contributed by atoms with Crippen molar-refractivity contribution < 1.29 is 4.79 Å². The molecule has 0 aromatic heterocycles. The Labute approximate surface area is 110 Å². The molecule has 0 radical (unpaired) electrons. The number of amides is 2. The molecule has 0 saturated heterocycles. The fourth-order valence-electron chi connectivity index (χ4n) is 1.07. The van der Waals surface area contributed by atoms with Crippen molar-refractivity contribution in [1.29, 1.82) is 0 Å². The first-order valence-corrected chi connectivity index (χ1v) is 6.26. The van der Waals surface area contributed by atoms with E-state index in [1.54, 1.807) is 6.07 Å². The van der Waals surface area contributed by atoms with E-state index in [0.717, 1.165) is 9.37 Å². The van der Waals surface area contributed by atoms with Crippen LogP contribution in [0.25, 0.3) is 0 Å². The molecule has 2 N–H and O–H groups in total. The van der Waals surface area contributed by atoms with E-state index in [2.05, 4.69) is 39.2 Å². The molecular weight excluding hydrogens is 288 g/mol. The molecule has 3 nitrogen and oxygen atoms in total. The number of hydrogen-bond donors (Lipinski definition) is 3. The number of halogens is 1. The van der Waals surface area contributed by atoms with E-state index in [9.17, 15) is 4.79 Å². The Balaban J connectivity index is 2.56. The van der Waals surface area contributed by atoms with Gasteiger partial charge in [0.25, 0.3) is 0 Å². The van der Waals surface area contributed by atoms with Crippen LogP contribution >= 0.6 is 28.6 Å². The highest BCUT2D eigenvalue weighted by molar-refractivity contribution is 9.10. The van der Waals surface area contributed by atoms with E-state index >= 15 is 0 Å². The van der Waals surface area contributed by atoms with Crippen molar-refractivity contribution in [3.63, 3.8) is 0 Å². The number of thiol groups is 1. The first kappa shape index (κ1) is 13.4. The van der Waals surface area contributed by atoms with E-state index in [-0.39, 0.29) is 6.03 Å². The zero-order valence-corrected chi connectivity index (χ0v) is 11.7. The molecule has 0 aliphatic carbocycles. The van der Waals surface area contributed by atoms with Gasteiger partial charge in [-0.1, -0.05) is 29.8 Å². The largest absolute Gasteiger partial charge is 0.338 e. The zero-order chi connectivity index (χ0) is 12.1. The topological polar surface area (TPSA) is 41.1 Å². The quantitative estimate of drug-likeness (QED) is 0.735. The molecule has 0 aliphatic rings. The third-order valence-corrected chi connectivity index (χ3v) is 2.74. The minimum Gasteiger partial charge on any atom is -0.338 e. The Hall–Kier alpha value is -0.680. The molecule has 0 unspecified atom stereocenters. The monoisotopic (exact) mass is 302 g/mol. The van der Waals surface area contributed by atoms with E-state index in [1.807, 2.05) is 26.0 Å². The molecule has 0 saturated carbocycles. The van der Waals surface area contributed by atoms with Crippen LogP contribution in [0, 0.1) is 5.92 Å². The standard InChI is InChI=1S/C11H15BrN2OS/c1-7(2)6-13-11(15)14-9-4-3-8(12)5-10(9)16/h3-5,7,16H,6H2,1-2H3,(H2,13,14,15). The average Bonchev–Trinajstić information content (AvgIpc) is 2.19. The lowest BCUT2D eigenvalue weighted by Gasteiger charge is -2.10. The van der Waals surface area contributed by atoms with Crippen LogP contribution in [0.1, 0.15) is 13.8 Å². The smallest absolute Gasteiger partial charge is 0.319 e. The predicted octanol–water partition coefficient (Wildman–Crippen LogP) is 3.52. The second-order valence-corrected chi connectivity index (χ2v) is 5.29. The van der Waals surface area contributed by atoms with Gasteiger partial charge in [0, 0.05) is 15.9 Å². The van der Waals surface area contributed by atoms with Crippen LogP contribution in [0.15, 0.2) is 27.6 Å². The van der Waals surface area contributed by atoms with Crippen LogP contribution in [0.5, 0.6) is 0 Å². The molecule has 88 valence electrons. The molecular formula is C11H15BrN2OS. The Kier molecular flexibility index (Phi) is 5.15. The van der Waals surface area contributed by atoms with Gasteiger partial charge in [0.2, 0.25) is 0 Å². The SMILES string of the molecule is CC(C)CNC(=O)Nc1ccc(Br)cc1S. The van der Waals surface area contributed by atoms with Crippen LogP contribution in [-0.4, -0.2) is 12.6 Å². The summed E-state index contributed by atoms with van der Waals surface area (Å²) in [5.41, 5.74) is 0.702. The first-order valence-electron chi connectivity index (χ1n) is 5.02. The number of urea groups is 1. The van der Waals surface area contributed by atoms with Crippen molar-refractivity contribution in [2.75, 3.05) is 11.9 Å². The maximum absolute atomic E-state index is 11.5. The molecule has 0 spiro atoms. The van der Waals surface area contributed by atoms with E-state index < -0.39 is 0 Å². The Bertz CT molecular complexity index is 382. The summed E-state index contributed by atoms with van der Waals surface area (Å²) in [5.74, 6) is 0.436. The van der Waals surface area contributed by atoms with Crippen molar-refractivity contribution in [2.45, 2.75) is 18.7 Å². The molecule has 0 fully saturated rings. The fraction of sp³-hybridized carbons (Fsp3) is 0.364. The number of anilines is 1. The summed E-state index contributed by atoms with van der Waals surface area (Å²) in [6.45, 7) is 4.75. The molecule has 1 aromatic carbocycles. The van der Waals surface area contributed by atoms with Gasteiger partial charge in [0.1, 0.15) is 0 Å². The Morgan fingerprint density at radius 3 is 2.75 bits per heavy atom. The molecule has 0 aliphatic heterocycles. The van der Waals surface area contributed by atoms with Crippen LogP contribution in [0.2, 0.25) is 0 Å². The molecule has 0 heterocycles. The minimum atomic E-state index is -0.202. The lowest BCUT2D eigenvalue weighted by Crippen LogP contribution is -2.31. The highest BCUT2D eigenvalue weighted by Crippen LogP contribution is 2.23. The van der Waals surface area contributed by atoms with Gasteiger partial charge in [-0.15, -0.1) is 12.6 Å². The Morgan fingerprint density at radius 2 is 2.19 bits per heavy atom. The highest BCUT2D eigenvalue weighted by atomic mass is 79.9. The van der Waals surface area contributed by atoms with Gasteiger partial charge < -0.3 is 10.6 Å². The molecule has 0 bridgehead atoms. The molecule has 1 aromatic rings. The van der Waals surface area contributed by atoms with Crippen molar-refractivity contribution in [2.24, 2.45) is 5.92 Å². The molecule has 5 heteroatoms. The van der Waals surface area contributed by atoms with Crippen LogP contribution in [-0.2, 0) is 0 Å². The summed E-state index contributed by atoms with van der Waals surface area (Å²) in [6, 6.07) is 5.30. The van der Waals surface area contributed by atoms with Gasteiger partial charge in [-0.05, 0) is 24.1 Å². The number of hydrogen-bond acceptors (Lipinski definition) is 2. The van der Waals surface area contributed by atoms with Gasteiger partial charge >= 0.3 is 6.03 Å². The molecule has 16 heavy (non-hydrogen) atoms. The number of nitrogens with one attached hydrogen (secondary N) is 2. The summed E-state index contributed by atoms with van der Waals surface area (Å²) in [4.78, 5) is 12.2. The summed E-state index contributed by atoms with van der Waals surface area (Å²) < 4.78 is 0.936. The third-order valence-electron chi connectivity index (χ3n) is 1.88. The van der Waals surface area contributed by atoms with Gasteiger partial charge in [-0.2, -0.15) is 0 Å². The van der Waals surface area contributed by atoms with Gasteiger partial charge in [0.05, 0.1) is 5.69 Å². The minimum absolute atomic E-state index is 0.202. The second-order valence-electron chi connectivity index (χ2n) is 3.89. The summed E-state index contributed by atoms with van der Waals surface area (Å²) in [5, 5.41) is 5.52. The van der Waals surface area contributed by atoms with Gasteiger partial charge in [0.15, 0.2) is 0 Å². The lowest BCUT2D eigenvalue weighted by atomic mass is 10.2. The average molecular weight is 303 g/mol. The Morgan fingerprint density at radius 1 is 1.50 bits per heavy atom. The number of benzene rings is 1. The van der Waals surface area contributed by atoms with Crippen LogP contribution < -0.4 is 10.6 Å². The van der Waals surface area contributed by atoms with Crippen molar-refractivity contribution in [3.8, 4) is 0 Å². The third kappa shape index (κ3) is 4.45. The molecule has 2 amide bonds. The maximum Gasteiger partial charge on any atom is 0.319 e. The van der Waals surface area contributed by atoms with E-state index in [0.29, 0.717) is 18.2 Å². The summed E-state index contributed by atoms with van der Waals surface area (Å²) in [6.07, 6.45) is 0. The number of carbonyl (C=O) groups is 1. The lowest BCUT2D eigenvalue weighted by molar-refractivity contribution is 0.251. The second kappa shape index (κ2) is 6.15. The summed E-state index contributed by atoms with van der Waals surface area (Å²) in [7, 11) is 0. The molecule has 0 atom stereocenters. The van der Waals surface area contributed by atoms with Gasteiger partial charge in [-0.3, -0.25) is 0 Å². The highest BCUT2D eigenvalue weighted by Gasteiger charge is 2.05. The van der Waals surface area contributed by atoms with Crippen molar-refractivity contribution >= 4 is 40.3 Å². The van der Waals surface area contributed by atoms with Crippen molar-refractivity contribution in [1.82, 2.24) is 5.32 Å². The van der Waals surface area contributed by atoms with Crippen LogP contribution in [0.3, 0.4) is 0 Å². The normalized spacial score (nSPS) is 10.3. The van der Waals surface area contributed by atoms with E-state index in [1.165, 1.54) is 0 Å². The first-order chi connectivity index (χ1) is 7.49. The van der Waals surface area contributed by atoms with Gasteiger partial charge in [-0.25, -0.2) is 4.79 Å². The number of rotatable bonds is 3. The predicted molar refractivity (Wildman–Crippen MR) is 73.3 cm³/mol. The molecule has 1 rings (SSSR count). The van der Waals surface area contributed by atoms with Crippen LogP contribution in [0.4, 0.5) is 10.5 Å². The maximum atomic E-state index is 11.5. The fourth-order valence-corrected chi connectivity index (χ4v) is 1.88. The summed E-state index contributed by atoms with van der Waals surface area (Å²) >= 11 is 7.61. The number of carbonyl (C=O) groups excluding carboxylic acids is 1. The zero-order valence-electron chi connectivity index (χ0n) is 9.25. The van der Waals surface area contributed by atoms with E-state index in [4.69, 9.17) is 0 Å².